The first kappa shape index (κ1) is 17.3. The number of rotatable bonds is 3. The van der Waals surface area contributed by atoms with Crippen molar-refractivity contribution in [3.63, 3.8) is 0 Å². The van der Waals surface area contributed by atoms with Crippen LogP contribution in [0.4, 0.5) is 4.79 Å². The molecule has 1 saturated heterocycles. The smallest absolute Gasteiger partial charge is 0.410 e. The molecule has 1 aromatic heterocycles. The molecule has 2 rings (SSSR count). The Hall–Kier alpha value is -2.05. The highest BCUT2D eigenvalue weighted by Crippen LogP contribution is 2.24. The van der Waals surface area contributed by atoms with Crippen LogP contribution < -0.4 is 5.32 Å². The van der Waals surface area contributed by atoms with Gasteiger partial charge in [0.05, 0.1) is 11.7 Å². The molecule has 7 heteroatoms. The molecule has 2 N–H and O–H groups in total. The van der Waals surface area contributed by atoms with Crippen LogP contribution in [0.2, 0.25) is 0 Å². The third kappa shape index (κ3) is 3.83. The van der Waals surface area contributed by atoms with Gasteiger partial charge < -0.3 is 10.1 Å². The summed E-state index contributed by atoms with van der Waals surface area (Å²) in [7, 11) is 0. The molecule has 1 aliphatic heterocycles. The lowest BCUT2D eigenvalue weighted by Gasteiger charge is -2.40. The molecular formula is C16H26N4O3. The van der Waals surface area contributed by atoms with Crippen LogP contribution in [0.1, 0.15) is 57.1 Å². The SMILES string of the molecule is Cc1n[nH]c(C)c1C(C)NC(=O)[C@H]1CCN1C(=O)OC(C)(C)C. The minimum atomic E-state index is -0.563. The number of hydrogen-bond donors (Lipinski definition) is 2. The fourth-order valence-corrected chi connectivity index (χ4v) is 2.78. The van der Waals surface area contributed by atoms with Crippen LogP contribution in [0, 0.1) is 13.8 Å². The van der Waals surface area contributed by atoms with Gasteiger partial charge in [-0.15, -0.1) is 0 Å². The molecule has 1 aliphatic rings. The first-order chi connectivity index (χ1) is 10.6. The highest BCUT2D eigenvalue weighted by atomic mass is 16.6. The molecule has 7 nitrogen and oxygen atoms in total. The molecule has 23 heavy (non-hydrogen) atoms. The van der Waals surface area contributed by atoms with Gasteiger partial charge in [0.1, 0.15) is 11.6 Å². The zero-order valence-corrected chi connectivity index (χ0v) is 14.7. The summed E-state index contributed by atoms with van der Waals surface area (Å²) < 4.78 is 5.33. The predicted molar refractivity (Wildman–Crippen MR) is 86.0 cm³/mol. The van der Waals surface area contributed by atoms with E-state index in [0.29, 0.717) is 13.0 Å². The molecule has 0 aliphatic carbocycles. The molecule has 2 amide bonds. The summed E-state index contributed by atoms with van der Waals surface area (Å²) in [6.45, 7) is 11.7. The Morgan fingerprint density at radius 2 is 2.04 bits per heavy atom. The molecule has 0 bridgehead atoms. The van der Waals surface area contributed by atoms with Crippen LogP contribution in [0.15, 0.2) is 0 Å². The van der Waals surface area contributed by atoms with Crippen molar-refractivity contribution in [3.8, 4) is 0 Å². The molecule has 2 heterocycles. The zero-order valence-electron chi connectivity index (χ0n) is 14.7. The van der Waals surface area contributed by atoms with E-state index in [-0.39, 0.29) is 11.9 Å². The predicted octanol–water partition coefficient (Wildman–Crippen LogP) is 2.21. The van der Waals surface area contributed by atoms with Crippen molar-refractivity contribution in [2.75, 3.05) is 6.54 Å². The maximum Gasteiger partial charge on any atom is 0.410 e. The average Bonchev–Trinajstić information content (AvgIpc) is 2.64. The van der Waals surface area contributed by atoms with E-state index in [9.17, 15) is 9.59 Å². The summed E-state index contributed by atoms with van der Waals surface area (Å²) >= 11 is 0. The summed E-state index contributed by atoms with van der Waals surface area (Å²) in [5, 5.41) is 10.0. The van der Waals surface area contributed by atoms with Gasteiger partial charge in [0.25, 0.3) is 0 Å². The number of nitrogens with one attached hydrogen (secondary N) is 2. The number of carbonyl (C=O) groups is 2. The number of aromatic nitrogens is 2. The monoisotopic (exact) mass is 322 g/mol. The molecule has 1 unspecified atom stereocenters. The van der Waals surface area contributed by atoms with E-state index < -0.39 is 17.7 Å². The number of hydrogen-bond acceptors (Lipinski definition) is 4. The lowest BCUT2D eigenvalue weighted by molar-refractivity contribution is -0.131. The fourth-order valence-electron chi connectivity index (χ4n) is 2.78. The second-order valence-electron chi connectivity index (χ2n) is 7.06. The van der Waals surface area contributed by atoms with E-state index in [0.717, 1.165) is 17.0 Å². The van der Waals surface area contributed by atoms with Gasteiger partial charge in [-0.3, -0.25) is 14.8 Å². The minimum absolute atomic E-state index is 0.158. The standard InChI is InChI=1S/C16H26N4O3/c1-9(13-10(2)18-19-11(13)3)17-14(21)12-7-8-20(12)15(22)23-16(4,5)6/h9,12H,7-8H2,1-6H3,(H,17,21)(H,18,19)/t9?,12-/m1/s1. The summed E-state index contributed by atoms with van der Waals surface area (Å²) in [4.78, 5) is 26.0. The van der Waals surface area contributed by atoms with E-state index in [1.54, 1.807) is 0 Å². The van der Waals surface area contributed by atoms with Crippen molar-refractivity contribution < 1.29 is 14.3 Å². The van der Waals surface area contributed by atoms with E-state index in [4.69, 9.17) is 4.74 Å². The molecule has 1 aromatic rings. The third-order valence-corrected chi connectivity index (χ3v) is 3.93. The van der Waals surface area contributed by atoms with Crippen molar-refractivity contribution >= 4 is 12.0 Å². The molecule has 0 radical (unpaired) electrons. The van der Waals surface area contributed by atoms with Crippen molar-refractivity contribution in [3.05, 3.63) is 17.0 Å². The number of aryl methyl sites for hydroxylation is 2. The minimum Gasteiger partial charge on any atom is -0.444 e. The van der Waals surface area contributed by atoms with Crippen molar-refractivity contribution in [2.24, 2.45) is 0 Å². The second-order valence-corrected chi connectivity index (χ2v) is 7.06. The highest BCUT2D eigenvalue weighted by Gasteiger charge is 2.40. The van der Waals surface area contributed by atoms with Gasteiger partial charge in [0.15, 0.2) is 0 Å². The summed E-state index contributed by atoms with van der Waals surface area (Å²) in [6.07, 6.45) is 0.216. The maximum absolute atomic E-state index is 12.4. The van der Waals surface area contributed by atoms with E-state index in [1.165, 1.54) is 4.90 Å². The Bertz CT molecular complexity index is 583. The number of carbonyl (C=O) groups excluding carboxylic acids is 2. The van der Waals surface area contributed by atoms with Crippen LogP contribution in [-0.2, 0) is 9.53 Å². The van der Waals surface area contributed by atoms with Gasteiger partial charge in [0.2, 0.25) is 5.91 Å². The Morgan fingerprint density at radius 3 is 2.48 bits per heavy atom. The number of H-pyrrole nitrogens is 1. The number of likely N-dealkylation sites (tertiary alicyclic amines) is 1. The zero-order chi connectivity index (χ0) is 17.4. The molecule has 0 spiro atoms. The number of ether oxygens (including phenoxy) is 1. The molecule has 0 aromatic carbocycles. The third-order valence-electron chi connectivity index (χ3n) is 3.93. The Morgan fingerprint density at radius 1 is 1.39 bits per heavy atom. The van der Waals surface area contributed by atoms with E-state index in [2.05, 4.69) is 15.5 Å². The van der Waals surface area contributed by atoms with Crippen molar-refractivity contribution in [1.29, 1.82) is 0 Å². The first-order valence-electron chi connectivity index (χ1n) is 7.91. The number of amides is 2. The molecule has 1 fully saturated rings. The van der Waals surface area contributed by atoms with Gasteiger partial charge in [-0.2, -0.15) is 5.10 Å². The van der Waals surface area contributed by atoms with Crippen molar-refractivity contribution in [1.82, 2.24) is 20.4 Å². The number of nitrogens with zero attached hydrogens (tertiary/aromatic N) is 2. The van der Waals surface area contributed by atoms with Crippen LogP contribution in [0.5, 0.6) is 0 Å². The van der Waals surface area contributed by atoms with Gasteiger partial charge in [-0.25, -0.2) is 4.79 Å². The summed E-state index contributed by atoms with van der Waals surface area (Å²) in [5.74, 6) is -0.158. The Labute approximate surface area is 136 Å². The normalized spacial score (nSPS) is 19.0. The van der Waals surface area contributed by atoms with Gasteiger partial charge in [-0.05, 0) is 48.0 Å². The first-order valence-corrected chi connectivity index (χ1v) is 7.91. The molecular weight excluding hydrogens is 296 g/mol. The lowest BCUT2D eigenvalue weighted by Crippen LogP contribution is -2.59. The fraction of sp³-hybridized carbons (Fsp3) is 0.688. The second kappa shape index (κ2) is 6.22. The van der Waals surface area contributed by atoms with Gasteiger partial charge >= 0.3 is 6.09 Å². The van der Waals surface area contributed by atoms with Gasteiger partial charge in [-0.1, -0.05) is 0 Å². The molecule has 2 atom stereocenters. The van der Waals surface area contributed by atoms with Crippen LogP contribution in [0.25, 0.3) is 0 Å². The quantitative estimate of drug-likeness (QED) is 0.893. The van der Waals surface area contributed by atoms with Crippen LogP contribution >= 0.6 is 0 Å². The maximum atomic E-state index is 12.4. The lowest BCUT2D eigenvalue weighted by atomic mass is 10.0. The van der Waals surface area contributed by atoms with Gasteiger partial charge in [0, 0.05) is 17.8 Å². The van der Waals surface area contributed by atoms with E-state index in [1.807, 2.05) is 41.5 Å². The number of aromatic amines is 1. The molecule has 0 saturated carbocycles. The van der Waals surface area contributed by atoms with E-state index >= 15 is 0 Å². The topological polar surface area (TPSA) is 87.3 Å². The average molecular weight is 322 g/mol. The Balaban J connectivity index is 1.97. The summed E-state index contributed by atoms with van der Waals surface area (Å²) in [6, 6.07) is -0.623. The Kier molecular flexibility index (Phi) is 4.68. The largest absolute Gasteiger partial charge is 0.444 e. The van der Waals surface area contributed by atoms with Crippen LogP contribution in [-0.4, -0.2) is 45.3 Å². The van der Waals surface area contributed by atoms with Crippen molar-refractivity contribution in [2.45, 2.75) is 65.6 Å². The van der Waals surface area contributed by atoms with Crippen LogP contribution in [0.3, 0.4) is 0 Å². The highest BCUT2D eigenvalue weighted by molar-refractivity contribution is 5.87. The molecule has 128 valence electrons. The summed E-state index contributed by atoms with van der Waals surface area (Å²) in [5.41, 5.74) is 2.23.